The van der Waals surface area contributed by atoms with Gasteiger partial charge in [-0.3, -0.25) is 19.3 Å². The van der Waals surface area contributed by atoms with Gasteiger partial charge in [-0.2, -0.15) is 0 Å². The molecule has 0 bridgehead atoms. The van der Waals surface area contributed by atoms with Gasteiger partial charge in [0, 0.05) is 10.7 Å². The molecule has 6 nitrogen and oxygen atoms in total. The Balaban J connectivity index is 1.68. The van der Waals surface area contributed by atoms with Crippen LogP contribution in [0.15, 0.2) is 47.4 Å². The van der Waals surface area contributed by atoms with E-state index in [1.54, 1.807) is 48.5 Å². The first-order valence-electron chi connectivity index (χ1n) is 9.53. The number of halogens is 2. The minimum Gasteiger partial charge on any atom is -0.489 e. The fourth-order valence-electron chi connectivity index (χ4n) is 2.70. The molecule has 0 aromatic heterocycles. The Labute approximate surface area is 194 Å². The van der Waals surface area contributed by atoms with E-state index in [9.17, 15) is 14.4 Å². The second-order valence-electron chi connectivity index (χ2n) is 6.85. The van der Waals surface area contributed by atoms with Crippen molar-refractivity contribution in [3.63, 3.8) is 0 Å². The number of nitrogens with one attached hydrogen (secondary N) is 1. The van der Waals surface area contributed by atoms with Gasteiger partial charge in [0.05, 0.1) is 16.0 Å². The molecule has 1 fully saturated rings. The molecule has 1 aliphatic rings. The van der Waals surface area contributed by atoms with E-state index in [1.165, 1.54) is 0 Å². The van der Waals surface area contributed by atoms with Gasteiger partial charge in [-0.1, -0.05) is 42.3 Å². The Bertz CT molecular complexity index is 1060. The fraction of sp³-hybridized carbons (Fsp3) is 0.227. The zero-order chi connectivity index (χ0) is 22.5. The molecule has 162 valence electrons. The van der Waals surface area contributed by atoms with Gasteiger partial charge in [-0.25, -0.2) is 0 Å². The number of thioether (sulfide) groups is 1. The van der Waals surface area contributed by atoms with Crippen molar-refractivity contribution in [2.24, 2.45) is 0 Å². The Morgan fingerprint density at radius 3 is 2.68 bits per heavy atom. The predicted octanol–water partition coefficient (Wildman–Crippen LogP) is 5.85. The number of rotatable bonds is 7. The maximum Gasteiger partial charge on any atom is 0.294 e. The van der Waals surface area contributed by atoms with E-state index in [0.29, 0.717) is 27.0 Å². The molecule has 31 heavy (non-hydrogen) atoms. The zero-order valence-corrected chi connectivity index (χ0v) is 19.2. The molecule has 1 heterocycles. The number of carbonyl (C=O) groups is 3. The molecule has 2 aromatic rings. The molecule has 2 aromatic carbocycles. The first-order chi connectivity index (χ1) is 14.8. The van der Waals surface area contributed by atoms with Crippen LogP contribution in [0.1, 0.15) is 25.8 Å². The van der Waals surface area contributed by atoms with Gasteiger partial charge in [0.2, 0.25) is 5.91 Å². The SMILES string of the molecule is CC[C@@H](C)Oc1ccc(/C=C2\SC(=O)N(CC(=O)Nc3cccc(Cl)c3)C2=O)cc1Cl. The third-order valence-electron chi connectivity index (χ3n) is 4.44. The number of ether oxygens (including phenoxy) is 1. The number of amides is 3. The first-order valence-corrected chi connectivity index (χ1v) is 11.1. The summed E-state index contributed by atoms with van der Waals surface area (Å²) >= 11 is 13.0. The van der Waals surface area contributed by atoms with Gasteiger partial charge in [-0.15, -0.1) is 0 Å². The van der Waals surface area contributed by atoms with Gasteiger partial charge in [0.1, 0.15) is 12.3 Å². The lowest BCUT2D eigenvalue weighted by molar-refractivity contribution is -0.127. The Hall–Kier alpha value is -2.48. The summed E-state index contributed by atoms with van der Waals surface area (Å²) < 4.78 is 5.73. The molecule has 1 aliphatic heterocycles. The van der Waals surface area contributed by atoms with Crippen molar-refractivity contribution < 1.29 is 19.1 Å². The highest BCUT2D eigenvalue weighted by Gasteiger charge is 2.36. The highest BCUT2D eigenvalue weighted by Crippen LogP contribution is 2.34. The van der Waals surface area contributed by atoms with Gasteiger partial charge < -0.3 is 10.1 Å². The summed E-state index contributed by atoms with van der Waals surface area (Å²) in [5.74, 6) is -0.480. The average Bonchev–Trinajstić information content (AvgIpc) is 2.97. The lowest BCUT2D eigenvalue weighted by atomic mass is 10.2. The number of carbonyl (C=O) groups excluding carboxylic acids is 3. The summed E-state index contributed by atoms with van der Waals surface area (Å²) in [5.41, 5.74) is 1.13. The zero-order valence-electron chi connectivity index (χ0n) is 16.9. The molecule has 0 spiro atoms. The summed E-state index contributed by atoms with van der Waals surface area (Å²) in [4.78, 5) is 38.3. The quantitative estimate of drug-likeness (QED) is 0.505. The second kappa shape index (κ2) is 10.2. The largest absolute Gasteiger partial charge is 0.489 e. The Kier molecular flexibility index (Phi) is 7.64. The third-order valence-corrected chi connectivity index (χ3v) is 5.88. The topological polar surface area (TPSA) is 75.7 Å². The number of hydrogen-bond donors (Lipinski definition) is 1. The molecule has 3 amide bonds. The Morgan fingerprint density at radius 2 is 2.00 bits per heavy atom. The fourth-order valence-corrected chi connectivity index (χ4v) is 3.96. The average molecular weight is 479 g/mol. The molecule has 0 radical (unpaired) electrons. The van der Waals surface area contributed by atoms with E-state index < -0.39 is 23.6 Å². The van der Waals surface area contributed by atoms with Crippen molar-refractivity contribution in [1.29, 1.82) is 0 Å². The molecule has 0 unspecified atom stereocenters. The Morgan fingerprint density at radius 1 is 1.23 bits per heavy atom. The number of nitrogens with zero attached hydrogens (tertiary/aromatic N) is 1. The number of anilines is 1. The van der Waals surface area contributed by atoms with Crippen molar-refractivity contribution in [2.75, 3.05) is 11.9 Å². The second-order valence-corrected chi connectivity index (χ2v) is 8.69. The molecule has 9 heteroatoms. The van der Waals surface area contributed by atoms with Crippen LogP contribution >= 0.6 is 35.0 Å². The highest BCUT2D eigenvalue weighted by atomic mass is 35.5. The summed E-state index contributed by atoms with van der Waals surface area (Å²) in [6.45, 7) is 3.57. The molecule has 3 rings (SSSR count). The van der Waals surface area contributed by atoms with Crippen LogP contribution in [0.3, 0.4) is 0 Å². The monoisotopic (exact) mass is 478 g/mol. The van der Waals surface area contributed by atoms with Crippen molar-refractivity contribution >= 4 is 63.8 Å². The van der Waals surface area contributed by atoms with Crippen LogP contribution in [0.4, 0.5) is 10.5 Å². The first kappa shape index (κ1) is 23.2. The molecule has 0 saturated carbocycles. The summed E-state index contributed by atoms with van der Waals surface area (Å²) in [6, 6.07) is 11.7. The smallest absolute Gasteiger partial charge is 0.294 e. The minimum atomic E-state index is -0.535. The van der Waals surface area contributed by atoms with Crippen molar-refractivity contribution in [3.05, 3.63) is 63.0 Å². The normalized spacial score (nSPS) is 16.0. The highest BCUT2D eigenvalue weighted by molar-refractivity contribution is 8.18. The van der Waals surface area contributed by atoms with E-state index in [2.05, 4.69) is 5.32 Å². The summed E-state index contributed by atoms with van der Waals surface area (Å²) in [7, 11) is 0. The lowest BCUT2D eigenvalue weighted by Crippen LogP contribution is -2.36. The van der Waals surface area contributed by atoms with Gasteiger partial charge >= 0.3 is 0 Å². The summed E-state index contributed by atoms with van der Waals surface area (Å²) in [6.07, 6.45) is 2.44. The lowest BCUT2D eigenvalue weighted by Gasteiger charge is -2.14. The molecule has 1 atom stereocenters. The van der Waals surface area contributed by atoms with E-state index in [4.69, 9.17) is 27.9 Å². The van der Waals surface area contributed by atoms with E-state index in [-0.39, 0.29) is 11.0 Å². The van der Waals surface area contributed by atoms with Crippen LogP contribution in [0.2, 0.25) is 10.0 Å². The van der Waals surface area contributed by atoms with E-state index >= 15 is 0 Å². The van der Waals surface area contributed by atoms with Gasteiger partial charge in [0.25, 0.3) is 11.1 Å². The predicted molar refractivity (Wildman–Crippen MR) is 125 cm³/mol. The molecule has 0 aliphatic carbocycles. The van der Waals surface area contributed by atoms with Crippen molar-refractivity contribution in [2.45, 2.75) is 26.4 Å². The van der Waals surface area contributed by atoms with Crippen LogP contribution in [0.25, 0.3) is 6.08 Å². The van der Waals surface area contributed by atoms with Crippen molar-refractivity contribution in [3.8, 4) is 5.75 Å². The third kappa shape index (κ3) is 6.03. The van der Waals surface area contributed by atoms with Crippen LogP contribution in [0.5, 0.6) is 5.75 Å². The number of benzene rings is 2. The van der Waals surface area contributed by atoms with Crippen LogP contribution in [-0.4, -0.2) is 34.6 Å². The van der Waals surface area contributed by atoms with Crippen LogP contribution in [-0.2, 0) is 9.59 Å². The van der Waals surface area contributed by atoms with Crippen molar-refractivity contribution in [1.82, 2.24) is 4.90 Å². The standard InChI is InChI=1S/C22H20Cl2N2O4S/c1-3-13(2)30-18-8-7-14(9-17(18)24)10-19-21(28)26(22(29)31-19)12-20(27)25-16-6-4-5-15(23)11-16/h4-11,13H,3,12H2,1-2H3,(H,25,27)/b19-10-/t13-/m1/s1. The maximum atomic E-state index is 12.7. The summed E-state index contributed by atoms with van der Waals surface area (Å²) in [5, 5.41) is 2.98. The number of hydrogen-bond acceptors (Lipinski definition) is 5. The van der Waals surface area contributed by atoms with Crippen LogP contribution < -0.4 is 10.1 Å². The maximum absolute atomic E-state index is 12.7. The minimum absolute atomic E-state index is 0.0258. The molecule has 1 N–H and O–H groups in total. The molecule has 1 saturated heterocycles. The van der Waals surface area contributed by atoms with Gasteiger partial charge in [-0.05, 0) is 67.1 Å². The molecular formula is C22H20Cl2N2O4S. The van der Waals surface area contributed by atoms with Gasteiger partial charge in [0.15, 0.2) is 0 Å². The number of imide groups is 1. The molecular weight excluding hydrogens is 459 g/mol. The van der Waals surface area contributed by atoms with E-state index in [1.807, 2.05) is 13.8 Å². The van der Waals surface area contributed by atoms with Crippen LogP contribution in [0, 0.1) is 0 Å². The van der Waals surface area contributed by atoms with E-state index in [0.717, 1.165) is 23.1 Å².